The zero-order valence-corrected chi connectivity index (χ0v) is 18.9. The van der Waals surface area contributed by atoms with Crippen LogP contribution in [0, 0.1) is 0 Å². The summed E-state index contributed by atoms with van der Waals surface area (Å²) in [5, 5.41) is 4.36. The lowest BCUT2D eigenvalue weighted by Gasteiger charge is -2.34. The lowest BCUT2D eigenvalue weighted by atomic mass is 10.1. The van der Waals surface area contributed by atoms with Gasteiger partial charge in [-0.1, -0.05) is 52.5 Å². The Morgan fingerprint density at radius 1 is 1.33 bits per heavy atom. The van der Waals surface area contributed by atoms with Crippen molar-refractivity contribution in [3.8, 4) is 0 Å². The molecule has 0 bridgehead atoms. The minimum Gasteiger partial charge on any atom is -0.411 e. The van der Waals surface area contributed by atoms with Crippen LogP contribution in [0.15, 0.2) is 30.9 Å². The van der Waals surface area contributed by atoms with E-state index in [0.29, 0.717) is 16.6 Å². The molecular weight excluding hydrogens is 477 g/mol. The van der Waals surface area contributed by atoms with Gasteiger partial charge in [0, 0.05) is 18.3 Å². The Kier molecular flexibility index (Phi) is 10.2. The second kappa shape index (κ2) is 11.1. The fourth-order valence-electron chi connectivity index (χ4n) is 2.98. The van der Waals surface area contributed by atoms with Crippen LogP contribution in [0.3, 0.4) is 0 Å². The van der Waals surface area contributed by atoms with Gasteiger partial charge in [0.2, 0.25) is 0 Å². The number of hydrogen-bond donors (Lipinski definition) is 1. The number of amides is 1. The molecule has 1 aliphatic rings. The smallest absolute Gasteiger partial charge is 0.411 e. The van der Waals surface area contributed by atoms with E-state index in [1.54, 1.807) is 23.1 Å². The van der Waals surface area contributed by atoms with Crippen LogP contribution in [0.25, 0.3) is 0 Å². The number of carbonyl (C=O) groups excluding carboxylic acids is 1. The molecule has 0 aromatic heterocycles. The van der Waals surface area contributed by atoms with Crippen LogP contribution in [-0.4, -0.2) is 40.0 Å². The number of halogens is 6. The van der Waals surface area contributed by atoms with E-state index in [-0.39, 0.29) is 30.4 Å². The van der Waals surface area contributed by atoms with Gasteiger partial charge in [0.15, 0.2) is 0 Å². The Balaban J connectivity index is 0.00000364. The van der Waals surface area contributed by atoms with Crippen LogP contribution >= 0.6 is 70.4 Å². The van der Waals surface area contributed by atoms with Crippen molar-refractivity contribution in [3.05, 3.63) is 40.9 Å². The first-order valence-corrected chi connectivity index (χ1v) is 10.1. The summed E-state index contributed by atoms with van der Waals surface area (Å²) < 4.78 is 3.34. The van der Waals surface area contributed by atoms with Crippen LogP contribution in [0.2, 0.25) is 10.0 Å². The predicted molar refractivity (Wildman–Crippen MR) is 117 cm³/mol. The lowest BCUT2D eigenvalue weighted by Crippen LogP contribution is -2.48. The molecule has 1 N–H and O–H groups in total. The molecule has 0 radical (unpaired) electrons. The fraction of sp³-hybridized carbons (Fsp3) is 0.471. The molecule has 1 aliphatic carbocycles. The van der Waals surface area contributed by atoms with Crippen molar-refractivity contribution in [1.29, 1.82) is 0 Å². The highest BCUT2D eigenvalue weighted by molar-refractivity contribution is 6.50. The maximum absolute atomic E-state index is 12.6. The second-order valence-electron chi connectivity index (χ2n) is 5.96. The number of benzene rings is 1. The van der Waals surface area contributed by atoms with E-state index in [4.69, 9.17) is 62.7 Å². The molecule has 27 heavy (non-hydrogen) atoms. The molecule has 1 aromatic rings. The number of ether oxygens (including phenoxy) is 1. The summed E-state index contributed by atoms with van der Waals surface area (Å²) in [4.78, 5) is 14.1. The highest BCUT2D eigenvalue weighted by Crippen LogP contribution is 2.32. The summed E-state index contributed by atoms with van der Waals surface area (Å²) in [5.41, 5.74) is 0.827. The number of anilines is 1. The number of carbonyl (C=O) groups is 1. The van der Waals surface area contributed by atoms with Crippen molar-refractivity contribution in [2.45, 2.75) is 35.9 Å². The summed E-state index contributed by atoms with van der Waals surface area (Å²) >= 11 is 29.4. The van der Waals surface area contributed by atoms with Gasteiger partial charge in [-0.25, -0.2) is 4.79 Å². The first-order chi connectivity index (χ1) is 12.3. The van der Waals surface area contributed by atoms with Crippen molar-refractivity contribution in [1.82, 2.24) is 4.90 Å². The molecular formula is C17H20Cl6N2O2. The van der Waals surface area contributed by atoms with Crippen LogP contribution < -0.4 is 5.32 Å². The Morgan fingerprint density at radius 3 is 2.63 bits per heavy atom. The van der Waals surface area contributed by atoms with Gasteiger partial charge < -0.3 is 10.1 Å². The number of hydrogen-bond acceptors (Lipinski definition) is 3. The van der Waals surface area contributed by atoms with E-state index in [1.807, 2.05) is 6.07 Å². The minimum absolute atomic E-state index is 0. The summed E-state index contributed by atoms with van der Waals surface area (Å²) in [6, 6.07) is 5.22. The summed E-state index contributed by atoms with van der Waals surface area (Å²) in [6.45, 7) is 4.01. The molecule has 1 amide bonds. The standard InChI is InChI=1S/C17H19Cl5N2O2.ClH/c1-2-8-24(16(25)26-17(21,22)10-18)15-5-3-4-14(15)23-11-6-7-12(19)13(20)9-11;/h2,6-7,9,14-15,23H,1,3-5,8,10H2;1H. The molecule has 0 heterocycles. The van der Waals surface area contributed by atoms with Crippen LogP contribution in [0.5, 0.6) is 0 Å². The van der Waals surface area contributed by atoms with Gasteiger partial charge in [-0.2, -0.15) is 0 Å². The van der Waals surface area contributed by atoms with E-state index >= 15 is 0 Å². The average molecular weight is 497 g/mol. The number of alkyl halides is 3. The van der Waals surface area contributed by atoms with Gasteiger partial charge in [0.05, 0.1) is 22.0 Å². The zero-order chi connectivity index (χ0) is 19.3. The monoisotopic (exact) mass is 494 g/mol. The van der Waals surface area contributed by atoms with Gasteiger partial charge >= 0.3 is 6.09 Å². The van der Waals surface area contributed by atoms with Crippen molar-refractivity contribution in [2.24, 2.45) is 0 Å². The third-order valence-electron chi connectivity index (χ3n) is 4.10. The van der Waals surface area contributed by atoms with Crippen LogP contribution in [-0.2, 0) is 4.74 Å². The average Bonchev–Trinajstić information content (AvgIpc) is 3.03. The molecule has 0 aliphatic heterocycles. The number of nitrogens with zero attached hydrogens (tertiary/aromatic N) is 1. The van der Waals surface area contributed by atoms with Crippen molar-refractivity contribution < 1.29 is 9.53 Å². The van der Waals surface area contributed by atoms with Crippen molar-refractivity contribution in [2.75, 3.05) is 17.7 Å². The van der Waals surface area contributed by atoms with Crippen LogP contribution in [0.4, 0.5) is 10.5 Å². The third kappa shape index (κ3) is 6.95. The molecule has 0 saturated heterocycles. The quantitative estimate of drug-likeness (QED) is 0.335. The maximum Gasteiger partial charge on any atom is 0.413 e. The van der Waals surface area contributed by atoms with E-state index in [9.17, 15) is 4.79 Å². The van der Waals surface area contributed by atoms with Gasteiger partial charge in [0.25, 0.3) is 4.52 Å². The molecule has 1 fully saturated rings. The molecule has 10 heteroatoms. The molecule has 2 unspecified atom stereocenters. The molecule has 2 atom stereocenters. The van der Waals surface area contributed by atoms with E-state index < -0.39 is 10.6 Å². The topological polar surface area (TPSA) is 41.6 Å². The Morgan fingerprint density at radius 2 is 2.04 bits per heavy atom. The highest BCUT2D eigenvalue weighted by Gasteiger charge is 2.38. The maximum atomic E-state index is 12.6. The fourth-order valence-corrected chi connectivity index (χ4v) is 3.46. The molecule has 4 nitrogen and oxygen atoms in total. The SMILES string of the molecule is C=CCN(C(=O)OC(Cl)(Cl)CCl)C1CCCC1Nc1ccc(Cl)c(Cl)c1.Cl. The second-order valence-corrected chi connectivity index (χ2v) is 8.45. The Labute approximate surface area is 190 Å². The van der Waals surface area contributed by atoms with Crippen LogP contribution in [0.1, 0.15) is 19.3 Å². The Hall–Kier alpha value is -0.230. The summed E-state index contributed by atoms with van der Waals surface area (Å²) in [6.07, 6.45) is 3.63. The molecule has 0 spiro atoms. The molecule has 1 saturated carbocycles. The highest BCUT2D eigenvalue weighted by atomic mass is 35.5. The first kappa shape index (κ1) is 24.8. The zero-order valence-electron chi connectivity index (χ0n) is 14.3. The van der Waals surface area contributed by atoms with E-state index in [2.05, 4.69) is 11.9 Å². The summed E-state index contributed by atoms with van der Waals surface area (Å²) in [7, 11) is 0. The predicted octanol–water partition coefficient (Wildman–Crippen LogP) is 6.74. The normalized spacial score (nSPS) is 19.1. The lowest BCUT2D eigenvalue weighted by molar-refractivity contribution is 0.0729. The van der Waals surface area contributed by atoms with Gasteiger partial charge in [-0.15, -0.1) is 30.6 Å². The van der Waals surface area contributed by atoms with E-state index in [1.165, 1.54) is 0 Å². The molecule has 1 aromatic carbocycles. The van der Waals surface area contributed by atoms with Gasteiger partial charge in [-0.3, -0.25) is 4.90 Å². The number of nitrogens with one attached hydrogen (secondary N) is 1. The Bertz CT molecular complexity index is 658. The van der Waals surface area contributed by atoms with Crippen molar-refractivity contribution >= 4 is 82.2 Å². The molecule has 2 rings (SSSR count). The van der Waals surface area contributed by atoms with Gasteiger partial charge in [-0.05, 0) is 37.5 Å². The van der Waals surface area contributed by atoms with Gasteiger partial charge in [0.1, 0.15) is 0 Å². The largest absolute Gasteiger partial charge is 0.413 e. The molecule has 152 valence electrons. The van der Waals surface area contributed by atoms with Crippen molar-refractivity contribution in [3.63, 3.8) is 0 Å². The number of rotatable bonds is 7. The third-order valence-corrected chi connectivity index (χ3v) is 5.91. The first-order valence-electron chi connectivity index (χ1n) is 8.03. The minimum atomic E-state index is -1.77. The van der Waals surface area contributed by atoms with E-state index in [0.717, 1.165) is 24.9 Å². The summed E-state index contributed by atoms with van der Waals surface area (Å²) in [5.74, 6) is -0.237.